The maximum Gasteiger partial charge on any atom is 0.159 e. The molecule has 0 radical (unpaired) electrons. The molecule has 0 fully saturated rings. The van der Waals surface area contributed by atoms with Gasteiger partial charge >= 0.3 is 0 Å². The molecule has 0 saturated heterocycles. The van der Waals surface area contributed by atoms with Crippen LogP contribution in [0.3, 0.4) is 0 Å². The van der Waals surface area contributed by atoms with Crippen LogP contribution in [0.2, 0.25) is 5.02 Å². The van der Waals surface area contributed by atoms with E-state index >= 15 is 0 Å². The zero-order valence-electron chi connectivity index (χ0n) is 15.3. The topological polar surface area (TPSA) is 37.2 Å². The Balaban J connectivity index is 1.79. The smallest absolute Gasteiger partial charge is 0.159 e. The van der Waals surface area contributed by atoms with Crippen molar-refractivity contribution in [3.63, 3.8) is 0 Å². The van der Waals surface area contributed by atoms with E-state index in [2.05, 4.69) is 10.1 Å². The van der Waals surface area contributed by atoms with Crippen LogP contribution in [0.1, 0.15) is 36.1 Å². The van der Waals surface area contributed by atoms with Crippen LogP contribution in [0, 0.1) is 18.6 Å². The molecule has 142 valence electrons. The van der Waals surface area contributed by atoms with E-state index in [1.807, 2.05) is 37.9 Å². The summed E-state index contributed by atoms with van der Waals surface area (Å²) in [5.74, 6) is -1.79. The van der Waals surface area contributed by atoms with Crippen molar-refractivity contribution in [2.24, 2.45) is 10.1 Å². The van der Waals surface area contributed by atoms with E-state index in [0.29, 0.717) is 28.4 Å². The normalized spacial score (nSPS) is 16.5. The van der Waals surface area contributed by atoms with Crippen LogP contribution in [0.15, 0.2) is 40.5 Å². The molecular weight excluding hydrogens is 372 g/mol. The number of aliphatic imine (C=N–C) groups is 1. The summed E-state index contributed by atoms with van der Waals surface area (Å²) in [4.78, 5) is 11.9. The van der Waals surface area contributed by atoms with Gasteiger partial charge in [0.05, 0.1) is 22.8 Å². The first kappa shape index (κ1) is 19.3. The molecule has 0 spiro atoms. The number of benzene rings is 2. The van der Waals surface area contributed by atoms with Gasteiger partial charge in [-0.1, -0.05) is 16.8 Å². The van der Waals surface area contributed by atoms with Crippen LogP contribution in [-0.2, 0) is 4.84 Å². The second-order valence-electron chi connectivity index (χ2n) is 6.44. The van der Waals surface area contributed by atoms with Crippen molar-refractivity contribution >= 4 is 29.3 Å². The molecule has 0 bridgehead atoms. The largest absolute Gasteiger partial charge is 0.387 e. The van der Waals surface area contributed by atoms with E-state index in [4.69, 9.17) is 16.4 Å². The Kier molecular flexibility index (Phi) is 5.75. The lowest BCUT2D eigenvalue weighted by Gasteiger charge is -2.14. The van der Waals surface area contributed by atoms with E-state index in [1.165, 1.54) is 6.07 Å². The Morgan fingerprint density at radius 2 is 2.07 bits per heavy atom. The van der Waals surface area contributed by atoms with E-state index in [1.54, 1.807) is 6.34 Å². The highest BCUT2D eigenvalue weighted by atomic mass is 35.5. The van der Waals surface area contributed by atoms with Gasteiger partial charge < -0.3 is 9.74 Å². The molecule has 0 aromatic heterocycles. The lowest BCUT2D eigenvalue weighted by atomic mass is 9.96. The van der Waals surface area contributed by atoms with Crippen molar-refractivity contribution in [3.8, 4) is 0 Å². The average Bonchev–Trinajstić information content (AvgIpc) is 3.13. The number of halogens is 3. The summed E-state index contributed by atoms with van der Waals surface area (Å²) >= 11 is 6.38. The molecule has 0 amide bonds. The van der Waals surface area contributed by atoms with Crippen LogP contribution in [-0.4, -0.2) is 30.5 Å². The summed E-state index contributed by atoms with van der Waals surface area (Å²) in [6.07, 6.45) is 1.85. The maximum absolute atomic E-state index is 13.5. The van der Waals surface area contributed by atoms with Gasteiger partial charge in [-0.3, -0.25) is 0 Å². The van der Waals surface area contributed by atoms with Crippen molar-refractivity contribution < 1.29 is 13.6 Å². The second kappa shape index (κ2) is 8.05. The SMILES string of the molecule is CCN(C)C=Nc1cc(C)c(C2CC(c3ccc(F)c(F)c3)=NO2)cc1Cl. The molecule has 1 aliphatic heterocycles. The van der Waals surface area contributed by atoms with Crippen molar-refractivity contribution in [2.45, 2.75) is 26.4 Å². The summed E-state index contributed by atoms with van der Waals surface area (Å²) in [6, 6.07) is 7.43. The Bertz CT molecular complexity index is 914. The first-order chi connectivity index (χ1) is 12.9. The molecule has 1 atom stereocenters. The van der Waals surface area contributed by atoms with Crippen molar-refractivity contribution in [2.75, 3.05) is 13.6 Å². The Morgan fingerprint density at radius 3 is 2.78 bits per heavy atom. The summed E-state index contributed by atoms with van der Waals surface area (Å²) in [6.45, 7) is 4.83. The van der Waals surface area contributed by atoms with Crippen LogP contribution < -0.4 is 0 Å². The number of hydrogen-bond donors (Lipinski definition) is 0. The predicted octanol–water partition coefficient (Wildman–Crippen LogP) is 5.40. The van der Waals surface area contributed by atoms with Crippen LogP contribution in [0.5, 0.6) is 0 Å². The maximum atomic E-state index is 13.5. The minimum absolute atomic E-state index is 0.332. The highest BCUT2D eigenvalue weighted by Crippen LogP contribution is 2.36. The zero-order valence-corrected chi connectivity index (χ0v) is 16.1. The van der Waals surface area contributed by atoms with Gasteiger partial charge in [0, 0.05) is 25.6 Å². The summed E-state index contributed by atoms with van der Waals surface area (Å²) in [5.41, 5.74) is 3.62. The van der Waals surface area contributed by atoms with Gasteiger partial charge in [-0.05, 0) is 55.3 Å². The Hall–Kier alpha value is -2.47. The molecule has 1 aliphatic rings. The van der Waals surface area contributed by atoms with Crippen LogP contribution in [0.25, 0.3) is 0 Å². The number of nitrogens with zero attached hydrogens (tertiary/aromatic N) is 3. The third-order valence-electron chi connectivity index (χ3n) is 4.50. The minimum atomic E-state index is -0.905. The molecule has 0 aliphatic carbocycles. The predicted molar refractivity (Wildman–Crippen MR) is 104 cm³/mol. The fourth-order valence-electron chi connectivity index (χ4n) is 2.76. The fraction of sp³-hybridized carbons (Fsp3) is 0.300. The standard InChI is InChI=1S/C20H20ClF2N3O/c1-4-26(3)11-24-19-7-12(2)14(9-15(19)21)20-10-18(25-27-20)13-5-6-16(22)17(23)8-13/h5-9,11,20H,4,10H2,1-3H3. The molecule has 27 heavy (non-hydrogen) atoms. The lowest BCUT2D eigenvalue weighted by molar-refractivity contribution is 0.0853. The third-order valence-corrected chi connectivity index (χ3v) is 4.80. The molecule has 0 N–H and O–H groups in total. The first-order valence-electron chi connectivity index (χ1n) is 8.61. The molecule has 4 nitrogen and oxygen atoms in total. The first-order valence-corrected chi connectivity index (χ1v) is 8.99. The summed E-state index contributed by atoms with van der Waals surface area (Å²) in [5, 5.41) is 4.56. The number of hydrogen-bond acceptors (Lipinski definition) is 3. The molecule has 0 saturated carbocycles. The van der Waals surface area contributed by atoms with Crippen LogP contribution in [0.4, 0.5) is 14.5 Å². The van der Waals surface area contributed by atoms with Crippen molar-refractivity contribution in [3.05, 3.63) is 63.7 Å². The number of aryl methyl sites for hydroxylation is 1. The summed E-state index contributed by atoms with van der Waals surface area (Å²) in [7, 11) is 1.93. The lowest BCUT2D eigenvalue weighted by Crippen LogP contribution is -2.14. The molecule has 1 heterocycles. The molecule has 1 unspecified atom stereocenters. The minimum Gasteiger partial charge on any atom is -0.387 e. The average molecular weight is 392 g/mol. The van der Waals surface area contributed by atoms with E-state index in [-0.39, 0.29) is 6.10 Å². The number of oxime groups is 1. The van der Waals surface area contributed by atoms with Crippen LogP contribution >= 0.6 is 11.6 Å². The van der Waals surface area contributed by atoms with Gasteiger partial charge in [0.15, 0.2) is 17.7 Å². The molecule has 3 rings (SSSR count). The van der Waals surface area contributed by atoms with Crippen molar-refractivity contribution in [1.29, 1.82) is 0 Å². The van der Waals surface area contributed by atoms with E-state index < -0.39 is 11.6 Å². The molecular formula is C20H20ClF2N3O. The Morgan fingerprint density at radius 1 is 1.30 bits per heavy atom. The molecule has 2 aromatic carbocycles. The fourth-order valence-corrected chi connectivity index (χ4v) is 2.98. The van der Waals surface area contributed by atoms with Gasteiger partial charge in [0.1, 0.15) is 0 Å². The monoisotopic (exact) mass is 391 g/mol. The highest BCUT2D eigenvalue weighted by Gasteiger charge is 2.26. The van der Waals surface area contributed by atoms with Gasteiger partial charge in [-0.15, -0.1) is 0 Å². The molecule has 2 aromatic rings. The van der Waals surface area contributed by atoms with Gasteiger partial charge in [0.2, 0.25) is 0 Å². The van der Waals surface area contributed by atoms with Gasteiger partial charge in [0.25, 0.3) is 0 Å². The highest BCUT2D eigenvalue weighted by molar-refractivity contribution is 6.33. The number of rotatable bonds is 5. The third kappa shape index (κ3) is 4.27. The summed E-state index contributed by atoms with van der Waals surface area (Å²) < 4.78 is 26.6. The van der Waals surface area contributed by atoms with E-state index in [9.17, 15) is 8.78 Å². The van der Waals surface area contributed by atoms with Gasteiger partial charge in [-0.25, -0.2) is 13.8 Å². The van der Waals surface area contributed by atoms with Crippen molar-refractivity contribution in [1.82, 2.24) is 4.90 Å². The second-order valence-corrected chi connectivity index (χ2v) is 6.85. The van der Waals surface area contributed by atoms with E-state index in [0.717, 1.165) is 29.8 Å². The Labute approximate surface area is 162 Å². The molecule has 7 heteroatoms. The zero-order chi connectivity index (χ0) is 19.6. The van der Waals surface area contributed by atoms with Gasteiger partial charge in [-0.2, -0.15) is 0 Å². The quantitative estimate of drug-likeness (QED) is 0.505.